The highest BCUT2D eigenvalue weighted by Gasteiger charge is 2.25. The monoisotopic (exact) mass is 358 g/mol. The molecular weight excluding hydrogens is 336 g/mol. The van der Waals surface area contributed by atoms with Gasteiger partial charge in [-0.2, -0.15) is 0 Å². The molecule has 2 aromatic rings. The van der Waals surface area contributed by atoms with Crippen molar-refractivity contribution in [1.29, 1.82) is 0 Å². The van der Waals surface area contributed by atoms with Crippen LogP contribution in [0.1, 0.15) is 36.7 Å². The number of urea groups is 1. The summed E-state index contributed by atoms with van der Waals surface area (Å²) in [6, 6.07) is 9.94. The number of rotatable bonds is 6. The molecule has 1 aromatic heterocycles. The predicted octanol–water partition coefficient (Wildman–Crippen LogP) is 2.78. The second kappa shape index (κ2) is 7.74. The number of imide groups is 1. The van der Waals surface area contributed by atoms with Gasteiger partial charge in [0.05, 0.1) is 10.9 Å². The van der Waals surface area contributed by atoms with E-state index in [1.54, 1.807) is 6.92 Å². The first-order valence-corrected chi connectivity index (χ1v) is 9.26. The quantitative estimate of drug-likeness (QED) is 0.693. The molecule has 3 amide bonds. The van der Waals surface area contributed by atoms with Gasteiger partial charge in [-0.15, -0.1) is 0 Å². The van der Waals surface area contributed by atoms with E-state index < -0.39 is 11.3 Å². The summed E-state index contributed by atoms with van der Waals surface area (Å²) in [5, 5.41) is 5.39. The standard InChI is InChI=1S/C18H22N4O2S/c1-11-15(10-13-6-4-3-5-7-13)21-18(19-11)25-12(2)16(23)22-17(24)20-14-8-9-14/h3-7,12,14H,8-10H2,1-2H3,(H,19,21)(H2,20,22,23,24)/t12-/m1/s1. The number of hydrogen-bond donors (Lipinski definition) is 3. The van der Waals surface area contributed by atoms with E-state index in [2.05, 4.69) is 32.7 Å². The number of thioether (sulfide) groups is 1. The molecule has 1 saturated carbocycles. The Morgan fingerprint density at radius 1 is 1.32 bits per heavy atom. The van der Waals surface area contributed by atoms with E-state index in [0.29, 0.717) is 5.16 Å². The zero-order valence-corrected chi connectivity index (χ0v) is 15.2. The molecule has 1 aliphatic rings. The second-order valence-electron chi connectivity index (χ2n) is 6.27. The Morgan fingerprint density at radius 3 is 2.72 bits per heavy atom. The molecule has 1 fully saturated rings. The second-order valence-corrected chi connectivity index (χ2v) is 7.60. The van der Waals surface area contributed by atoms with E-state index in [9.17, 15) is 9.59 Å². The largest absolute Gasteiger partial charge is 0.337 e. The van der Waals surface area contributed by atoms with Crippen LogP contribution in [0.4, 0.5) is 4.79 Å². The zero-order chi connectivity index (χ0) is 17.8. The number of carbonyl (C=O) groups excluding carboxylic acids is 2. The van der Waals surface area contributed by atoms with Crippen molar-refractivity contribution in [2.45, 2.75) is 49.6 Å². The van der Waals surface area contributed by atoms with Crippen molar-refractivity contribution in [3.8, 4) is 0 Å². The third-order valence-corrected chi connectivity index (χ3v) is 4.97. The molecule has 132 valence electrons. The number of aromatic nitrogens is 2. The van der Waals surface area contributed by atoms with Crippen molar-refractivity contribution < 1.29 is 9.59 Å². The number of nitrogens with zero attached hydrogens (tertiary/aromatic N) is 1. The van der Waals surface area contributed by atoms with Crippen LogP contribution in [-0.4, -0.2) is 33.2 Å². The van der Waals surface area contributed by atoms with Crippen molar-refractivity contribution in [3.05, 3.63) is 47.3 Å². The lowest BCUT2D eigenvalue weighted by molar-refractivity contribution is -0.119. The molecule has 1 atom stereocenters. The van der Waals surface area contributed by atoms with Gasteiger partial charge in [0.15, 0.2) is 5.16 Å². The first-order valence-electron chi connectivity index (χ1n) is 8.38. The fourth-order valence-electron chi connectivity index (χ4n) is 2.37. The number of carbonyl (C=O) groups is 2. The van der Waals surface area contributed by atoms with Gasteiger partial charge < -0.3 is 10.3 Å². The maximum absolute atomic E-state index is 12.1. The molecule has 0 spiro atoms. The van der Waals surface area contributed by atoms with Crippen molar-refractivity contribution in [1.82, 2.24) is 20.6 Å². The summed E-state index contributed by atoms with van der Waals surface area (Å²) < 4.78 is 0. The van der Waals surface area contributed by atoms with E-state index in [1.165, 1.54) is 17.3 Å². The molecule has 25 heavy (non-hydrogen) atoms. The van der Waals surface area contributed by atoms with Crippen LogP contribution >= 0.6 is 11.8 Å². The van der Waals surface area contributed by atoms with Gasteiger partial charge in [-0.3, -0.25) is 10.1 Å². The van der Waals surface area contributed by atoms with Gasteiger partial charge in [0, 0.05) is 18.2 Å². The first kappa shape index (κ1) is 17.5. The van der Waals surface area contributed by atoms with Crippen LogP contribution in [0, 0.1) is 6.92 Å². The molecular formula is C18H22N4O2S. The molecule has 3 N–H and O–H groups in total. The third-order valence-electron chi connectivity index (χ3n) is 3.99. The van der Waals surface area contributed by atoms with Crippen molar-refractivity contribution in [2.75, 3.05) is 0 Å². The van der Waals surface area contributed by atoms with E-state index >= 15 is 0 Å². The summed E-state index contributed by atoms with van der Waals surface area (Å²) in [6.45, 7) is 3.74. The number of hydrogen-bond acceptors (Lipinski definition) is 4. The smallest absolute Gasteiger partial charge is 0.321 e. The Labute approximate surface area is 151 Å². The van der Waals surface area contributed by atoms with Gasteiger partial charge >= 0.3 is 6.03 Å². The highest BCUT2D eigenvalue weighted by atomic mass is 32.2. The topological polar surface area (TPSA) is 86.9 Å². The van der Waals surface area contributed by atoms with Crippen molar-refractivity contribution in [2.24, 2.45) is 0 Å². The number of imidazole rings is 1. The van der Waals surface area contributed by atoms with E-state index in [4.69, 9.17) is 0 Å². The molecule has 1 heterocycles. The predicted molar refractivity (Wildman–Crippen MR) is 97.6 cm³/mol. The van der Waals surface area contributed by atoms with E-state index in [0.717, 1.165) is 30.7 Å². The average molecular weight is 358 g/mol. The molecule has 0 bridgehead atoms. The molecule has 6 nitrogen and oxygen atoms in total. The molecule has 7 heteroatoms. The van der Waals surface area contributed by atoms with Crippen LogP contribution in [0.25, 0.3) is 0 Å². The van der Waals surface area contributed by atoms with Gasteiger partial charge in [0.25, 0.3) is 0 Å². The maximum Gasteiger partial charge on any atom is 0.321 e. The Morgan fingerprint density at radius 2 is 2.04 bits per heavy atom. The minimum Gasteiger partial charge on any atom is -0.337 e. The molecule has 3 rings (SSSR count). The van der Waals surface area contributed by atoms with Crippen LogP contribution < -0.4 is 10.6 Å². The van der Waals surface area contributed by atoms with Crippen LogP contribution in [-0.2, 0) is 11.2 Å². The Balaban J connectivity index is 1.55. The summed E-state index contributed by atoms with van der Waals surface area (Å²) in [7, 11) is 0. The van der Waals surface area contributed by atoms with Gasteiger partial charge in [-0.1, -0.05) is 42.1 Å². The van der Waals surface area contributed by atoms with E-state index in [-0.39, 0.29) is 11.9 Å². The Bertz CT molecular complexity index is 756. The summed E-state index contributed by atoms with van der Waals surface area (Å²) in [5.74, 6) is -0.318. The van der Waals surface area contributed by atoms with Gasteiger partial charge in [-0.25, -0.2) is 9.78 Å². The minimum absolute atomic E-state index is 0.226. The zero-order valence-electron chi connectivity index (χ0n) is 14.3. The normalized spacial score (nSPS) is 14.8. The van der Waals surface area contributed by atoms with Crippen LogP contribution in [0.5, 0.6) is 0 Å². The SMILES string of the molecule is Cc1[nH]c(S[C@H](C)C(=O)NC(=O)NC2CC2)nc1Cc1ccccc1. The number of aromatic amines is 1. The summed E-state index contributed by atoms with van der Waals surface area (Å²) >= 11 is 1.32. The first-order chi connectivity index (χ1) is 12.0. The van der Waals surface area contributed by atoms with Gasteiger partial charge in [0.2, 0.25) is 5.91 Å². The summed E-state index contributed by atoms with van der Waals surface area (Å²) in [4.78, 5) is 31.6. The number of nitrogens with one attached hydrogen (secondary N) is 3. The Kier molecular flexibility index (Phi) is 5.43. The van der Waals surface area contributed by atoms with Crippen LogP contribution in [0.3, 0.4) is 0 Å². The van der Waals surface area contributed by atoms with Crippen molar-refractivity contribution in [3.63, 3.8) is 0 Å². The third kappa shape index (κ3) is 5.09. The lowest BCUT2D eigenvalue weighted by atomic mass is 10.1. The summed E-state index contributed by atoms with van der Waals surface area (Å²) in [5.41, 5.74) is 3.15. The van der Waals surface area contributed by atoms with E-state index in [1.807, 2.05) is 25.1 Å². The highest BCUT2D eigenvalue weighted by Crippen LogP contribution is 2.23. The van der Waals surface area contributed by atoms with Crippen molar-refractivity contribution >= 4 is 23.7 Å². The van der Waals surface area contributed by atoms with Crippen LogP contribution in [0.15, 0.2) is 35.5 Å². The fourth-order valence-corrected chi connectivity index (χ4v) is 3.24. The highest BCUT2D eigenvalue weighted by molar-refractivity contribution is 8.00. The lowest BCUT2D eigenvalue weighted by Crippen LogP contribution is -2.43. The minimum atomic E-state index is -0.417. The average Bonchev–Trinajstić information content (AvgIpc) is 3.32. The Hall–Kier alpha value is -2.28. The molecule has 0 radical (unpaired) electrons. The van der Waals surface area contributed by atoms with Gasteiger partial charge in [-0.05, 0) is 32.3 Å². The molecule has 1 aromatic carbocycles. The number of aryl methyl sites for hydroxylation is 1. The molecule has 0 saturated heterocycles. The van der Waals surface area contributed by atoms with Gasteiger partial charge in [0.1, 0.15) is 0 Å². The molecule has 1 aliphatic carbocycles. The molecule has 0 unspecified atom stereocenters. The lowest BCUT2D eigenvalue weighted by Gasteiger charge is -2.10. The number of amides is 3. The maximum atomic E-state index is 12.1. The number of benzene rings is 1. The van der Waals surface area contributed by atoms with Crippen LogP contribution in [0.2, 0.25) is 0 Å². The summed E-state index contributed by atoms with van der Waals surface area (Å²) in [6.07, 6.45) is 2.72. The molecule has 0 aliphatic heterocycles. The number of H-pyrrole nitrogens is 1. The fraction of sp³-hybridized carbons (Fsp3) is 0.389.